The highest BCUT2D eigenvalue weighted by atomic mass is 32.1. The number of nitrogens with one attached hydrogen (secondary N) is 1. The van der Waals surface area contributed by atoms with E-state index in [1.165, 1.54) is 18.3 Å². The quantitative estimate of drug-likeness (QED) is 0.219. The van der Waals surface area contributed by atoms with Crippen LogP contribution in [-0.2, 0) is 38.1 Å². The number of ketones is 2. The fourth-order valence-corrected chi connectivity index (χ4v) is 9.39. The minimum atomic E-state index is -1.40. The molecule has 5 heterocycles. The summed E-state index contributed by atoms with van der Waals surface area (Å²) in [5.74, 6) is 1.06. The van der Waals surface area contributed by atoms with Crippen molar-refractivity contribution in [3.8, 4) is 22.3 Å². The summed E-state index contributed by atoms with van der Waals surface area (Å²) in [5.41, 5.74) is -1.81. The molecule has 2 N–H and O–H groups in total. The number of cyclic esters (lactones) is 1. The summed E-state index contributed by atoms with van der Waals surface area (Å²) in [7, 11) is 3.73. The molecule has 306 valence electrons. The molecule has 3 saturated heterocycles. The maximum Gasteiger partial charge on any atom is 0.408 e. The van der Waals surface area contributed by atoms with Gasteiger partial charge in [0.15, 0.2) is 17.7 Å². The first-order valence-electron chi connectivity index (χ1n) is 19.5. The molecule has 3 fully saturated rings. The number of ether oxygens (including phenoxy) is 5. The van der Waals surface area contributed by atoms with Crippen molar-refractivity contribution in [1.82, 2.24) is 15.2 Å². The smallest absolute Gasteiger partial charge is 0.408 e. The molecule has 14 heteroatoms. The van der Waals surface area contributed by atoms with Gasteiger partial charge in [0.1, 0.15) is 30.5 Å². The topological polar surface area (TPSA) is 163 Å². The number of aromatic nitrogens is 1. The zero-order chi connectivity index (χ0) is 41.1. The molecule has 0 aliphatic carbocycles. The van der Waals surface area contributed by atoms with Crippen molar-refractivity contribution in [3.63, 3.8) is 0 Å². The molecule has 13 nitrogen and oxygen atoms in total. The second kappa shape index (κ2) is 17.8. The van der Waals surface area contributed by atoms with Crippen molar-refractivity contribution in [1.29, 1.82) is 0 Å². The first-order valence-corrected chi connectivity index (χ1v) is 20.3. The first kappa shape index (κ1) is 43.4. The zero-order valence-corrected chi connectivity index (χ0v) is 34.9. The SMILES string of the molecule is CC[C@H]1OC(=O)[C@H](C)C(=O)[C@H](C)[C@@H](O[C@@H]2O[C@H](C)C[C@H](N(C)C)[C@H]2O)C(C)(OCC#Cc2ccc(-c3cccnc3)s2)C[C@@H](C)C(=O)[C@H](C)[C@H]2NC(=O)O[C@@]21C. The number of fused-ring (bicyclic) bond motifs is 1. The number of carbonyl (C=O) groups excluding carboxylic acids is 4. The molecule has 3 aliphatic heterocycles. The van der Waals surface area contributed by atoms with E-state index in [4.69, 9.17) is 23.7 Å². The highest BCUT2D eigenvalue weighted by molar-refractivity contribution is 7.16. The Labute approximate surface area is 334 Å². The number of hydrogen-bond acceptors (Lipinski definition) is 13. The maximum atomic E-state index is 14.4. The van der Waals surface area contributed by atoms with E-state index in [1.54, 1.807) is 53.9 Å². The van der Waals surface area contributed by atoms with Gasteiger partial charge in [0.2, 0.25) is 0 Å². The number of aliphatic hydroxyl groups is 1. The van der Waals surface area contributed by atoms with E-state index in [2.05, 4.69) is 22.1 Å². The van der Waals surface area contributed by atoms with Gasteiger partial charge in [-0.3, -0.25) is 19.4 Å². The van der Waals surface area contributed by atoms with Crippen molar-refractivity contribution in [3.05, 3.63) is 41.5 Å². The minimum absolute atomic E-state index is 0.0635. The number of rotatable bonds is 7. The number of hydrogen-bond donors (Lipinski definition) is 2. The van der Waals surface area contributed by atoms with Crippen LogP contribution in [0.25, 0.3) is 10.4 Å². The number of carbonyl (C=O) groups is 4. The van der Waals surface area contributed by atoms with Gasteiger partial charge in [0, 0.05) is 46.6 Å². The molecular weight excluding hydrogens is 739 g/mol. The number of thiophene rings is 1. The molecule has 2 aromatic heterocycles. The summed E-state index contributed by atoms with van der Waals surface area (Å²) >= 11 is 1.51. The van der Waals surface area contributed by atoms with Gasteiger partial charge in [-0.15, -0.1) is 11.3 Å². The number of nitrogens with zero attached hydrogens (tertiary/aromatic N) is 2. The Balaban J connectivity index is 1.55. The second-order valence-corrected chi connectivity index (χ2v) is 17.3. The van der Waals surface area contributed by atoms with Gasteiger partial charge in [-0.2, -0.15) is 0 Å². The Morgan fingerprint density at radius 3 is 2.45 bits per heavy atom. The van der Waals surface area contributed by atoms with Crippen molar-refractivity contribution >= 4 is 35.0 Å². The third-order valence-electron chi connectivity index (χ3n) is 11.7. The highest BCUT2D eigenvalue weighted by Crippen LogP contribution is 2.40. The molecule has 3 aliphatic rings. The lowest BCUT2D eigenvalue weighted by molar-refractivity contribution is -0.296. The van der Waals surface area contributed by atoms with Crippen LogP contribution in [0.4, 0.5) is 4.79 Å². The Morgan fingerprint density at radius 2 is 1.79 bits per heavy atom. The van der Waals surface area contributed by atoms with E-state index >= 15 is 0 Å². The summed E-state index contributed by atoms with van der Waals surface area (Å²) in [6.07, 6.45) is -0.975. The average molecular weight is 796 g/mol. The highest BCUT2D eigenvalue weighted by Gasteiger charge is 2.57. The van der Waals surface area contributed by atoms with Gasteiger partial charge < -0.3 is 39.0 Å². The van der Waals surface area contributed by atoms with Crippen LogP contribution in [0.5, 0.6) is 0 Å². The van der Waals surface area contributed by atoms with Crippen LogP contribution in [0, 0.1) is 35.5 Å². The van der Waals surface area contributed by atoms with Crippen LogP contribution in [0.15, 0.2) is 36.7 Å². The van der Waals surface area contributed by atoms with E-state index in [-0.39, 0.29) is 37.4 Å². The summed E-state index contributed by atoms with van der Waals surface area (Å²) in [6.45, 7) is 13.6. The zero-order valence-electron chi connectivity index (χ0n) is 34.1. The number of amides is 1. The van der Waals surface area contributed by atoms with Crippen LogP contribution >= 0.6 is 11.3 Å². The lowest BCUT2D eigenvalue weighted by Gasteiger charge is -2.47. The molecule has 5 rings (SSSR count). The number of aliphatic hydroxyl groups excluding tert-OH is 1. The van der Waals surface area contributed by atoms with Gasteiger partial charge in [-0.1, -0.05) is 45.6 Å². The average Bonchev–Trinajstić information content (AvgIpc) is 3.77. The molecular formula is C42H57N3O10S. The standard InChI is InChI=1S/C42H57N3O10S/c1-11-32-42(8)36(44-40(50)55-42)25(4)33(46)23(2)21-41(7,51-19-13-15-29-16-17-31(56-29)28-14-12-18-43-22-28)37(26(5)34(47)27(6)38(49)53-32)54-39-35(48)30(45(9)10)20-24(3)52-39/h12,14,16-18,22-27,30,32,35-37,39,48H,11,19-21H2,1-10H3,(H,44,50)/t23-,24-,25+,26+,27-,30+,32-,35-,36-,37-,39+,41?,42-/m1/s1. The normalized spacial score (nSPS) is 37.1. The third-order valence-corrected chi connectivity index (χ3v) is 12.7. The molecule has 0 radical (unpaired) electrons. The Morgan fingerprint density at radius 1 is 1.05 bits per heavy atom. The van der Waals surface area contributed by atoms with E-state index in [0.717, 1.165) is 15.3 Å². The first-order chi connectivity index (χ1) is 26.4. The molecule has 0 spiro atoms. The van der Waals surface area contributed by atoms with Crippen molar-refractivity contribution < 1.29 is 48.0 Å². The molecule has 2 aromatic rings. The number of Topliss-reactive ketones (excluding diaryl/α,β-unsaturated/α-hetero) is 2. The molecule has 1 unspecified atom stereocenters. The molecule has 0 saturated carbocycles. The fraction of sp³-hybridized carbons (Fsp3) is 0.643. The van der Waals surface area contributed by atoms with Crippen LogP contribution < -0.4 is 5.32 Å². The van der Waals surface area contributed by atoms with Gasteiger partial charge in [0.25, 0.3) is 0 Å². The van der Waals surface area contributed by atoms with Crippen LogP contribution in [0.1, 0.15) is 79.5 Å². The molecule has 13 atom stereocenters. The minimum Gasteiger partial charge on any atom is -0.458 e. The summed E-state index contributed by atoms with van der Waals surface area (Å²) in [6, 6.07) is 6.60. The van der Waals surface area contributed by atoms with Gasteiger partial charge in [-0.05, 0) is 79.3 Å². The summed E-state index contributed by atoms with van der Waals surface area (Å²) in [5, 5.41) is 14.4. The van der Waals surface area contributed by atoms with Crippen molar-refractivity contribution in [2.24, 2.45) is 23.7 Å². The second-order valence-electron chi connectivity index (χ2n) is 16.2. The van der Waals surface area contributed by atoms with Crippen LogP contribution in [-0.4, -0.2) is 113 Å². The van der Waals surface area contributed by atoms with Crippen molar-refractivity contribution in [2.45, 2.75) is 129 Å². The van der Waals surface area contributed by atoms with Gasteiger partial charge >= 0.3 is 12.1 Å². The number of likely N-dealkylation sites (N-methyl/N-ethyl adjacent to an activating group) is 1. The molecule has 0 bridgehead atoms. The van der Waals surface area contributed by atoms with E-state index in [1.807, 2.05) is 50.2 Å². The van der Waals surface area contributed by atoms with Crippen LogP contribution in [0.3, 0.4) is 0 Å². The monoisotopic (exact) mass is 795 g/mol. The molecule has 56 heavy (non-hydrogen) atoms. The van der Waals surface area contributed by atoms with E-state index in [0.29, 0.717) is 6.42 Å². The van der Waals surface area contributed by atoms with Crippen LogP contribution in [0.2, 0.25) is 0 Å². The molecule has 0 aromatic carbocycles. The lowest BCUT2D eigenvalue weighted by Crippen LogP contribution is -2.60. The predicted octanol–water partition coefficient (Wildman–Crippen LogP) is 5.02. The number of pyridine rings is 1. The Hall–Kier alpha value is -3.71. The predicted molar refractivity (Wildman–Crippen MR) is 209 cm³/mol. The number of esters is 1. The Kier molecular flexibility index (Phi) is 13.8. The van der Waals surface area contributed by atoms with E-state index in [9.17, 15) is 24.3 Å². The number of alkyl carbamates (subject to hydrolysis) is 1. The van der Waals surface area contributed by atoms with E-state index < -0.39 is 83.4 Å². The summed E-state index contributed by atoms with van der Waals surface area (Å²) < 4.78 is 31.3. The summed E-state index contributed by atoms with van der Waals surface area (Å²) in [4.78, 5) is 63.3. The van der Waals surface area contributed by atoms with Gasteiger partial charge in [-0.25, -0.2) is 4.79 Å². The lowest BCUT2D eigenvalue weighted by atomic mass is 9.73. The van der Waals surface area contributed by atoms with Crippen molar-refractivity contribution in [2.75, 3.05) is 20.7 Å². The largest absolute Gasteiger partial charge is 0.458 e. The third kappa shape index (κ3) is 9.19. The van der Waals surface area contributed by atoms with Gasteiger partial charge in [0.05, 0.1) is 28.7 Å². The molecule has 1 amide bonds. The fourth-order valence-electron chi connectivity index (χ4n) is 8.52. The Bertz CT molecular complexity index is 1790. The maximum absolute atomic E-state index is 14.4.